The minimum atomic E-state index is -5.57. The summed E-state index contributed by atoms with van der Waals surface area (Å²) < 4.78 is 67.1. The summed E-state index contributed by atoms with van der Waals surface area (Å²) in [6, 6.07) is 0. The molecule has 0 spiro atoms. The van der Waals surface area contributed by atoms with Crippen LogP contribution in [-0.2, 0) is 4.52 Å². The molecular formula is CH9F5N3OP3. The summed E-state index contributed by atoms with van der Waals surface area (Å²) >= 11 is 0. The van der Waals surface area contributed by atoms with Crippen LogP contribution in [0.15, 0.2) is 0 Å². The Kier molecular flexibility index (Phi) is 3.12. The molecule has 0 aliphatic carbocycles. The molecule has 1 fully saturated rings. The van der Waals surface area contributed by atoms with E-state index in [9.17, 15) is 21.0 Å². The zero-order valence-electron chi connectivity index (χ0n) is 6.30. The molecule has 1 rings (SSSR count). The molecule has 3 N–H and O–H groups in total. The molecule has 0 aromatic rings. The Hall–Kier alpha value is 0.780. The van der Waals surface area contributed by atoms with Gasteiger partial charge in [-0.3, -0.25) is 0 Å². The molecule has 0 radical (unpaired) electrons. The summed E-state index contributed by atoms with van der Waals surface area (Å²) in [6.45, 7) is 0. The fraction of sp³-hybridized carbons (Fsp3) is 1.00. The van der Waals surface area contributed by atoms with Gasteiger partial charge in [0.1, 0.15) is 0 Å². The number of hydrogen-bond donors (Lipinski definition) is 3. The summed E-state index contributed by atoms with van der Waals surface area (Å²) in [5.74, 6) is 0. The standard InChI is InChI=1S/CH9F5N3OP3/c1-10-13(6)8-11(2,3)7-12(4,5)9-13/h7-9,11-13H,1H3. The van der Waals surface area contributed by atoms with Crippen LogP contribution >= 0.6 is 24.5 Å². The van der Waals surface area contributed by atoms with E-state index in [0.29, 0.717) is 0 Å². The van der Waals surface area contributed by atoms with Crippen molar-refractivity contribution in [1.29, 1.82) is 0 Å². The molecule has 4 nitrogen and oxygen atoms in total. The summed E-state index contributed by atoms with van der Waals surface area (Å²) in [4.78, 5) is 3.15. The molecule has 0 bridgehead atoms. The van der Waals surface area contributed by atoms with Gasteiger partial charge in [0.05, 0.1) is 0 Å². The van der Waals surface area contributed by atoms with Crippen molar-refractivity contribution in [3.05, 3.63) is 0 Å². The Labute approximate surface area is 72.6 Å². The van der Waals surface area contributed by atoms with Gasteiger partial charge in [-0.15, -0.1) is 0 Å². The quantitative estimate of drug-likeness (QED) is 0.504. The second kappa shape index (κ2) is 3.42. The Balaban J connectivity index is 2.84. The first-order valence-corrected chi connectivity index (χ1v) is 8.36. The summed E-state index contributed by atoms with van der Waals surface area (Å²) in [6.07, 6.45) is 0. The molecule has 13 heavy (non-hydrogen) atoms. The first-order chi connectivity index (χ1) is 5.68. The number of halogens is 5. The molecule has 84 valence electrons. The van der Waals surface area contributed by atoms with Gasteiger partial charge in [-0.05, 0) is 0 Å². The molecule has 0 aromatic heterocycles. The van der Waals surface area contributed by atoms with Crippen molar-refractivity contribution in [2.75, 3.05) is 7.11 Å². The van der Waals surface area contributed by atoms with Gasteiger partial charge in [0.2, 0.25) is 0 Å². The fourth-order valence-corrected chi connectivity index (χ4v) is 8.86. The van der Waals surface area contributed by atoms with Crippen LogP contribution in [0.5, 0.6) is 0 Å². The van der Waals surface area contributed by atoms with Crippen LogP contribution in [0.1, 0.15) is 0 Å². The van der Waals surface area contributed by atoms with Crippen molar-refractivity contribution in [1.82, 2.24) is 14.6 Å². The van der Waals surface area contributed by atoms with Crippen LogP contribution in [-0.4, -0.2) is 7.11 Å². The van der Waals surface area contributed by atoms with Crippen LogP contribution in [0, 0.1) is 0 Å². The first-order valence-electron chi connectivity index (χ1n) is 3.06. The zero-order chi connectivity index (χ0) is 10.3. The molecule has 0 saturated carbocycles. The van der Waals surface area contributed by atoms with Gasteiger partial charge in [0.25, 0.3) is 0 Å². The van der Waals surface area contributed by atoms with E-state index in [0.717, 1.165) is 21.7 Å². The molecule has 1 saturated heterocycles. The molecule has 1 aliphatic heterocycles. The number of nitrogens with one attached hydrogen (secondary N) is 3. The average molecular weight is 267 g/mol. The SMILES string of the molecule is CO[PH]1(F)N[PH](F)(F)N[PH](F)(F)N1. The van der Waals surface area contributed by atoms with Gasteiger partial charge in [-0.2, -0.15) is 0 Å². The fourth-order valence-electron chi connectivity index (χ4n) is 0.797. The van der Waals surface area contributed by atoms with E-state index in [1.807, 2.05) is 0 Å². The van der Waals surface area contributed by atoms with Gasteiger partial charge < -0.3 is 0 Å². The Morgan fingerprint density at radius 1 is 0.846 bits per heavy atom. The molecule has 12 heteroatoms. The second-order valence-corrected chi connectivity index (χ2v) is 9.22. The van der Waals surface area contributed by atoms with Gasteiger partial charge in [0, 0.05) is 0 Å². The second-order valence-electron chi connectivity index (χ2n) is 2.32. The van der Waals surface area contributed by atoms with Crippen LogP contribution in [0.4, 0.5) is 21.0 Å². The van der Waals surface area contributed by atoms with E-state index < -0.39 is 24.5 Å². The maximum atomic E-state index is 13.1. The average Bonchev–Trinajstić information content (AvgIpc) is 1.79. The van der Waals surface area contributed by atoms with Crippen molar-refractivity contribution in [2.45, 2.75) is 0 Å². The third-order valence-electron chi connectivity index (χ3n) is 1.23. The van der Waals surface area contributed by atoms with Gasteiger partial charge in [0.15, 0.2) is 0 Å². The minimum absolute atomic E-state index is 0.756. The Bertz CT molecular complexity index is 197. The summed E-state index contributed by atoms with van der Waals surface area (Å²) in [7, 11) is -15.2. The van der Waals surface area contributed by atoms with E-state index in [-0.39, 0.29) is 0 Å². The molecule has 1 heterocycles. The third-order valence-corrected chi connectivity index (χ3v) is 9.39. The normalized spacial score (nSPS) is 37.4. The van der Waals surface area contributed by atoms with Crippen molar-refractivity contribution < 1.29 is 25.5 Å². The van der Waals surface area contributed by atoms with Crippen LogP contribution in [0.2, 0.25) is 0 Å². The van der Waals surface area contributed by atoms with Gasteiger partial charge in [-0.25, -0.2) is 0 Å². The molecule has 0 atom stereocenters. The Morgan fingerprint density at radius 2 is 1.23 bits per heavy atom. The molecule has 0 unspecified atom stereocenters. The van der Waals surface area contributed by atoms with E-state index in [4.69, 9.17) is 0 Å². The van der Waals surface area contributed by atoms with E-state index in [1.54, 1.807) is 0 Å². The van der Waals surface area contributed by atoms with Gasteiger partial charge >= 0.3 is 71.7 Å². The van der Waals surface area contributed by atoms with Gasteiger partial charge in [-0.1, -0.05) is 0 Å². The topological polar surface area (TPSA) is 45.3 Å². The monoisotopic (exact) mass is 267 g/mol. The van der Waals surface area contributed by atoms with E-state index in [2.05, 4.69) is 4.52 Å². The Morgan fingerprint density at radius 3 is 1.54 bits per heavy atom. The van der Waals surface area contributed by atoms with E-state index in [1.165, 1.54) is 0 Å². The van der Waals surface area contributed by atoms with Crippen molar-refractivity contribution in [3.8, 4) is 0 Å². The molecule has 0 aromatic carbocycles. The summed E-state index contributed by atoms with van der Waals surface area (Å²) in [5.41, 5.74) is 0. The maximum absolute atomic E-state index is 13.1. The third kappa shape index (κ3) is 3.13. The van der Waals surface area contributed by atoms with Crippen molar-refractivity contribution >= 4 is 24.5 Å². The van der Waals surface area contributed by atoms with Crippen LogP contribution in [0.3, 0.4) is 0 Å². The number of hydrogen-bond acceptors (Lipinski definition) is 4. The molecular weight excluding hydrogens is 258 g/mol. The molecule has 0 amide bonds. The predicted molar refractivity (Wildman–Crippen MR) is 46.9 cm³/mol. The van der Waals surface area contributed by atoms with Crippen molar-refractivity contribution in [2.24, 2.45) is 0 Å². The molecule has 1 aliphatic rings. The predicted octanol–water partition coefficient (Wildman–Crippen LogP) is 2.49. The zero-order valence-corrected chi connectivity index (χ0v) is 9.30. The van der Waals surface area contributed by atoms with Crippen molar-refractivity contribution in [3.63, 3.8) is 0 Å². The first kappa shape index (κ1) is 11.9. The number of rotatable bonds is 1. The summed E-state index contributed by atoms with van der Waals surface area (Å²) in [5, 5.41) is 0. The van der Waals surface area contributed by atoms with E-state index >= 15 is 0 Å². The van der Waals surface area contributed by atoms with Crippen LogP contribution in [0.25, 0.3) is 0 Å². The van der Waals surface area contributed by atoms with Crippen LogP contribution < -0.4 is 14.6 Å².